The number of carbonyl (C=O) groups excluding carboxylic acids is 1. The molecule has 0 aliphatic heterocycles. The molecule has 0 fully saturated rings. The van der Waals surface area contributed by atoms with Crippen molar-refractivity contribution in [1.82, 2.24) is 14.8 Å². The van der Waals surface area contributed by atoms with Gasteiger partial charge in [0.1, 0.15) is 12.4 Å². The molecule has 152 valence electrons. The van der Waals surface area contributed by atoms with Crippen LogP contribution in [-0.2, 0) is 18.4 Å². The number of carbonyl (C=O) groups is 1. The summed E-state index contributed by atoms with van der Waals surface area (Å²) in [7, 11) is 1.83. The van der Waals surface area contributed by atoms with Crippen LogP contribution in [-0.4, -0.2) is 26.4 Å². The number of aryl methyl sites for hydroxylation is 1. The lowest BCUT2D eigenvalue weighted by Crippen LogP contribution is -2.15. The highest BCUT2D eigenvalue weighted by molar-refractivity contribution is 9.10. The van der Waals surface area contributed by atoms with Gasteiger partial charge in [-0.25, -0.2) is 0 Å². The first-order valence-electron chi connectivity index (χ1n) is 8.48. The van der Waals surface area contributed by atoms with E-state index in [1.165, 1.54) is 11.8 Å². The van der Waals surface area contributed by atoms with Crippen molar-refractivity contribution < 1.29 is 9.53 Å². The number of thioether (sulfide) groups is 1. The van der Waals surface area contributed by atoms with E-state index in [0.29, 0.717) is 26.7 Å². The molecule has 1 N–H and O–H groups in total. The summed E-state index contributed by atoms with van der Waals surface area (Å²) in [5.74, 6) is 1.38. The van der Waals surface area contributed by atoms with Crippen LogP contribution >= 0.6 is 50.9 Å². The third-order valence-corrected chi connectivity index (χ3v) is 6.02. The Kier molecular flexibility index (Phi) is 7.45. The van der Waals surface area contributed by atoms with Crippen LogP contribution in [0.25, 0.3) is 0 Å². The molecule has 0 aliphatic rings. The van der Waals surface area contributed by atoms with Gasteiger partial charge in [0.25, 0.3) is 0 Å². The van der Waals surface area contributed by atoms with Gasteiger partial charge in [-0.05, 0) is 48.9 Å². The minimum Gasteiger partial charge on any atom is -0.485 e. The van der Waals surface area contributed by atoms with Crippen LogP contribution in [0.15, 0.2) is 46.0 Å². The minimum atomic E-state index is -0.184. The normalized spacial score (nSPS) is 10.8. The fraction of sp³-hybridized carbons (Fsp3) is 0.211. The van der Waals surface area contributed by atoms with Crippen molar-refractivity contribution in [3.63, 3.8) is 0 Å². The molecule has 1 amide bonds. The second kappa shape index (κ2) is 9.84. The van der Waals surface area contributed by atoms with Gasteiger partial charge >= 0.3 is 0 Å². The van der Waals surface area contributed by atoms with Crippen LogP contribution in [0.3, 0.4) is 0 Å². The maximum absolute atomic E-state index is 12.2. The summed E-state index contributed by atoms with van der Waals surface area (Å²) in [5, 5.41) is 12.8. The Labute approximate surface area is 191 Å². The number of amides is 1. The smallest absolute Gasteiger partial charge is 0.234 e. The van der Waals surface area contributed by atoms with Crippen LogP contribution in [0, 0.1) is 6.92 Å². The van der Waals surface area contributed by atoms with Crippen LogP contribution in [0.5, 0.6) is 5.75 Å². The monoisotopic (exact) mass is 514 g/mol. The zero-order valence-corrected chi connectivity index (χ0v) is 19.5. The molecular formula is C19H17BrCl2N4O2S. The van der Waals surface area contributed by atoms with Crippen LogP contribution in [0.1, 0.15) is 11.4 Å². The molecule has 29 heavy (non-hydrogen) atoms. The van der Waals surface area contributed by atoms with Crippen molar-refractivity contribution in [1.29, 1.82) is 0 Å². The first-order valence-corrected chi connectivity index (χ1v) is 11.0. The standard InChI is InChI=1S/C19H17BrCl2N4O2S/c1-11-7-13(21)4-6-16(11)28-9-17-24-25-19(26(17)2)29-10-18(27)23-15-5-3-12(20)8-14(15)22/h3-8H,9-10H2,1-2H3,(H,23,27). The molecule has 1 heterocycles. The van der Waals surface area contributed by atoms with Crippen molar-refractivity contribution in [2.24, 2.45) is 7.05 Å². The van der Waals surface area contributed by atoms with Crippen molar-refractivity contribution in [2.45, 2.75) is 18.7 Å². The number of ether oxygens (including phenoxy) is 1. The molecule has 0 aliphatic carbocycles. The molecule has 10 heteroatoms. The van der Waals surface area contributed by atoms with Gasteiger partial charge in [0.2, 0.25) is 5.91 Å². The number of nitrogens with one attached hydrogen (secondary N) is 1. The third kappa shape index (κ3) is 5.88. The Balaban J connectivity index is 1.55. The number of hydrogen-bond acceptors (Lipinski definition) is 5. The maximum Gasteiger partial charge on any atom is 0.234 e. The van der Waals surface area contributed by atoms with E-state index >= 15 is 0 Å². The number of hydrogen-bond donors (Lipinski definition) is 1. The topological polar surface area (TPSA) is 69.0 Å². The average molecular weight is 516 g/mol. The molecule has 0 saturated carbocycles. The first kappa shape index (κ1) is 22.0. The second-order valence-electron chi connectivity index (χ2n) is 6.12. The van der Waals surface area contributed by atoms with Gasteiger partial charge in [-0.1, -0.05) is 50.9 Å². The van der Waals surface area contributed by atoms with E-state index in [9.17, 15) is 4.79 Å². The first-order chi connectivity index (χ1) is 13.8. The van der Waals surface area contributed by atoms with Gasteiger partial charge in [-0.2, -0.15) is 0 Å². The van der Waals surface area contributed by atoms with E-state index in [1.807, 2.05) is 32.2 Å². The summed E-state index contributed by atoms with van der Waals surface area (Å²) in [5.41, 5.74) is 1.50. The molecule has 0 bridgehead atoms. The summed E-state index contributed by atoms with van der Waals surface area (Å²) in [6, 6.07) is 10.7. The lowest BCUT2D eigenvalue weighted by atomic mass is 10.2. The van der Waals surface area contributed by atoms with Crippen LogP contribution < -0.4 is 10.1 Å². The zero-order valence-electron chi connectivity index (χ0n) is 15.6. The third-order valence-electron chi connectivity index (χ3n) is 3.96. The van der Waals surface area contributed by atoms with Gasteiger partial charge in [0.15, 0.2) is 11.0 Å². The van der Waals surface area contributed by atoms with Crippen molar-refractivity contribution in [3.8, 4) is 5.75 Å². The summed E-state index contributed by atoms with van der Waals surface area (Å²) < 4.78 is 8.46. The quantitative estimate of drug-likeness (QED) is 0.420. The van der Waals surface area contributed by atoms with Gasteiger partial charge in [-0.3, -0.25) is 4.79 Å². The maximum atomic E-state index is 12.2. The Hall–Kier alpha value is -1.74. The van der Waals surface area contributed by atoms with Gasteiger partial charge in [-0.15, -0.1) is 10.2 Å². The fourth-order valence-electron chi connectivity index (χ4n) is 2.42. The zero-order chi connectivity index (χ0) is 21.0. The van der Waals surface area contributed by atoms with E-state index in [2.05, 4.69) is 31.4 Å². The molecule has 2 aromatic carbocycles. The summed E-state index contributed by atoms with van der Waals surface area (Å²) in [4.78, 5) is 12.2. The SMILES string of the molecule is Cc1cc(Cl)ccc1OCc1nnc(SCC(=O)Nc2ccc(Br)cc2Cl)n1C. The number of benzene rings is 2. The fourth-order valence-corrected chi connectivity index (χ4v) is 4.10. The second-order valence-corrected chi connectivity index (χ2v) is 8.82. The number of anilines is 1. The highest BCUT2D eigenvalue weighted by Crippen LogP contribution is 2.26. The molecule has 0 saturated heterocycles. The molecule has 6 nitrogen and oxygen atoms in total. The number of rotatable bonds is 7. The molecule has 1 aromatic heterocycles. The van der Waals surface area contributed by atoms with Gasteiger partial charge < -0.3 is 14.6 Å². The van der Waals surface area contributed by atoms with E-state index < -0.39 is 0 Å². The van der Waals surface area contributed by atoms with E-state index in [1.54, 1.807) is 22.8 Å². The molecule has 0 radical (unpaired) electrons. The molecule has 3 rings (SSSR count). The molecule has 0 atom stereocenters. The highest BCUT2D eigenvalue weighted by Gasteiger charge is 2.13. The van der Waals surface area contributed by atoms with Gasteiger partial charge in [0, 0.05) is 16.5 Å². The van der Waals surface area contributed by atoms with E-state index in [0.717, 1.165) is 15.8 Å². The Morgan fingerprint density at radius 3 is 2.76 bits per heavy atom. The number of aromatic nitrogens is 3. The predicted octanol–water partition coefficient (Wildman–Crippen LogP) is 5.50. The molecular weight excluding hydrogens is 499 g/mol. The van der Waals surface area contributed by atoms with Crippen molar-refractivity contribution in [3.05, 3.63) is 62.3 Å². The van der Waals surface area contributed by atoms with Crippen molar-refractivity contribution >= 4 is 62.5 Å². The van der Waals surface area contributed by atoms with Crippen LogP contribution in [0.4, 0.5) is 5.69 Å². The van der Waals surface area contributed by atoms with Crippen LogP contribution in [0.2, 0.25) is 10.0 Å². The molecule has 0 spiro atoms. The van der Waals surface area contributed by atoms with E-state index in [-0.39, 0.29) is 18.3 Å². The summed E-state index contributed by atoms with van der Waals surface area (Å²) in [6.45, 7) is 2.18. The minimum absolute atomic E-state index is 0.176. The highest BCUT2D eigenvalue weighted by atomic mass is 79.9. The Bertz CT molecular complexity index is 1050. The van der Waals surface area contributed by atoms with Crippen molar-refractivity contribution in [2.75, 3.05) is 11.1 Å². The van der Waals surface area contributed by atoms with E-state index in [4.69, 9.17) is 27.9 Å². The summed E-state index contributed by atoms with van der Waals surface area (Å²) in [6.07, 6.45) is 0. The average Bonchev–Trinajstić information content (AvgIpc) is 3.01. The lowest BCUT2D eigenvalue weighted by Gasteiger charge is -2.09. The Morgan fingerprint density at radius 2 is 2.03 bits per heavy atom. The largest absolute Gasteiger partial charge is 0.485 e. The van der Waals surface area contributed by atoms with Gasteiger partial charge in [0.05, 0.1) is 16.5 Å². The Morgan fingerprint density at radius 1 is 1.24 bits per heavy atom. The predicted molar refractivity (Wildman–Crippen MR) is 120 cm³/mol. The number of nitrogens with zero attached hydrogens (tertiary/aromatic N) is 3. The lowest BCUT2D eigenvalue weighted by molar-refractivity contribution is -0.113. The molecule has 0 unspecified atom stereocenters. The molecule has 3 aromatic rings. The number of halogens is 3. The summed E-state index contributed by atoms with van der Waals surface area (Å²) >= 11 is 16.7.